The van der Waals surface area contributed by atoms with E-state index < -0.39 is 0 Å². The fraction of sp³-hybridized carbons (Fsp3) is 0.389. The molecule has 1 saturated heterocycles. The van der Waals surface area contributed by atoms with E-state index in [1.165, 1.54) is 0 Å². The van der Waals surface area contributed by atoms with Gasteiger partial charge in [0.05, 0.1) is 13.0 Å². The fourth-order valence-corrected chi connectivity index (χ4v) is 3.31. The molecule has 0 saturated carbocycles. The molecule has 1 fully saturated rings. The van der Waals surface area contributed by atoms with Crippen molar-refractivity contribution in [3.05, 3.63) is 41.2 Å². The Bertz CT molecular complexity index is 943. The third-order valence-corrected chi connectivity index (χ3v) is 4.71. The molecule has 1 aliphatic rings. The predicted molar refractivity (Wildman–Crippen MR) is 89.8 cm³/mol. The van der Waals surface area contributed by atoms with E-state index in [9.17, 15) is 4.79 Å². The van der Waals surface area contributed by atoms with E-state index in [-0.39, 0.29) is 11.8 Å². The van der Waals surface area contributed by atoms with E-state index in [0.717, 1.165) is 17.4 Å². The Balaban J connectivity index is 1.59. The maximum atomic E-state index is 12.9. The smallest absolute Gasteiger partial charge is 0.289 e. The van der Waals surface area contributed by atoms with Crippen molar-refractivity contribution in [3.63, 3.8) is 0 Å². The number of hydrogen-bond acceptors (Lipinski definition) is 6. The molecule has 4 rings (SSSR count). The van der Waals surface area contributed by atoms with Crippen LogP contribution in [-0.2, 0) is 0 Å². The molecule has 1 amide bonds. The Kier molecular flexibility index (Phi) is 3.71. The van der Waals surface area contributed by atoms with Gasteiger partial charge in [-0.05, 0) is 32.4 Å². The van der Waals surface area contributed by atoms with Gasteiger partial charge in [0, 0.05) is 30.1 Å². The minimum Gasteiger partial charge on any atom is -0.497 e. The lowest BCUT2D eigenvalue weighted by atomic mass is 10.1. The highest BCUT2D eigenvalue weighted by molar-refractivity contribution is 5.99. The molecule has 3 aromatic rings. The lowest BCUT2D eigenvalue weighted by Crippen LogP contribution is -2.28. The van der Waals surface area contributed by atoms with E-state index in [1.54, 1.807) is 25.0 Å². The third-order valence-electron chi connectivity index (χ3n) is 4.71. The Morgan fingerprint density at radius 1 is 1.36 bits per heavy atom. The van der Waals surface area contributed by atoms with Crippen molar-refractivity contribution < 1.29 is 18.5 Å². The average molecular weight is 341 g/mol. The van der Waals surface area contributed by atoms with Crippen LogP contribution < -0.4 is 4.74 Å². The highest BCUT2D eigenvalue weighted by atomic mass is 16.5. The molecule has 0 spiro atoms. The summed E-state index contributed by atoms with van der Waals surface area (Å²) in [4.78, 5) is 19.0. The van der Waals surface area contributed by atoms with Crippen LogP contribution in [0.25, 0.3) is 11.0 Å². The van der Waals surface area contributed by atoms with Crippen molar-refractivity contribution in [2.45, 2.75) is 26.2 Å². The molecule has 1 aromatic carbocycles. The molecule has 130 valence electrons. The van der Waals surface area contributed by atoms with Crippen LogP contribution in [0.5, 0.6) is 5.75 Å². The number of nitrogens with zero attached hydrogens (tertiary/aromatic N) is 3. The molecular weight excluding hydrogens is 322 g/mol. The van der Waals surface area contributed by atoms with Crippen molar-refractivity contribution in [1.29, 1.82) is 0 Å². The summed E-state index contributed by atoms with van der Waals surface area (Å²) >= 11 is 0. The minimum absolute atomic E-state index is 0.0786. The van der Waals surface area contributed by atoms with Crippen molar-refractivity contribution >= 4 is 16.9 Å². The number of hydrogen-bond donors (Lipinski definition) is 0. The van der Waals surface area contributed by atoms with Gasteiger partial charge in [-0.2, -0.15) is 4.98 Å². The number of benzene rings is 1. The van der Waals surface area contributed by atoms with Crippen LogP contribution in [0.1, 0.15) is 40.2 Å². The van der Waals surface area contributed by atoms with Crippen LogP contribution in [0.4, 0.5) is 0 Å². The van der Waals surface area contributed by atoms with Gasteiger partial charge in [-0.3, -0.25) is 4.79 Å². The van der Waals surface area contributed by atoms with Crippen molar-refractivity contribution in [1.82, 2.24) is 15.0 Å². The van der Waals surface area contributed by atoms with E-state index in [1.807, 2.05) is 19.1 Å². The molecule has 2 aromatic heterocycles. The third kappa shape index (κ3) is 2.65. The Morgan fingerprint density at radius 2 is 2.20 bits per heavy atom. The molecule has 1 unspecified atom stereocenters. The zero-order valence-electron chi connectivity index (χ0n) is 14.4. The van der Waals surface area contributed by atoms with Crippen molar-refractivity contribution in [3.8, 4) is 5.75 Å². The van der Waals surface area contributed by atoms with Crippen LogP contribution in [-0.4, -0.2) is 41.1 Å². The number of ether oxygens (including phenoxy) is 1. The van der Waals surface area contributed by atoms with E-state index in [2.05, 4.69) is 10.1 Å². The van der Waals surface area contributed by atoms with Crippen molar-refractivity contribution in [2.24, 2.45) is 0 Å². The summed E-state index contributed by atoms with van der Waals surface area (Å²) in [5.41, 5.74) is 1.50. The van der Waals surface area contributed by atoms with E-state index >= 15 is 0 Å². The molecule has 0 N–H and O–H groups in total. The predicted octanol–water partition coefficient (Wildman–Crippen LogP) is 3.07. The first-order chi connectivity index (χ1) is 12.1. The zero-order valence-corrected chi connectivity index (χ0v) is 14.4. The number of furan rings is 1. The fourth-order valence-electron chi connectivity index (χ4n) is 3.31. The molecule has 1 aliphatic heterocycles. The molecule has 25 heavy (non-hydrogen) atoms. The first kappa shape index (κ1) is 15.7. The largest absolute Gasteiger partial charge is 0.497 e. The van der Waals surface area contributed by atoms with Gasteiger partial charge in [-0.1, -0.05) is 5.16 Å². The highest BCUT2D eigenvalue weighted by Crippen LogP contribution is 2.32. The molecule has 7 nitrogen and oxygen atoms in total. The number of amides is 1. The second-order valence-corrected chi connectivity index (χ2v) is 6.33. The molecule has 0 aliphatic carbocycles. The SMILES string of the molecule is COc1ccc2c(C)c(C(=O)N3CCC(c4nc(C)no4)C3)oc2c1. The molecule has 0 bridgehead atoms. The second-order valence-electron chi connectivity index (χ2n) is 6.33. The summed E-state index contributed by atoms with van der Waals surface area (Å²) in [6, 6.07) is 5.58. The number of aryl methyl sites for hydroxylation is 2. The number of likely N-dealkylation sites (tertiary alicyclic amines) is 1. The molecular formula is C18H19N3O4. The van der Waals surface area contributed by atoms with Gasteiger partial charge in [-0.15, -0.1) is 0 Å². The normalized spacial score (nSPS) is 17.4. The molecule has 1 atom stereocenters. The van der Waals surface area contributed by atoms with Gasteiger partial charge in [0.1, 0.15) is 11.3 Å². The number of rotatable bonds is 3. The standard InChI is InChI=1S/C18H19N3O4/c1-10-14-5-4-13(23-3)8-15(14)24-16(10)18(22)21-7-6-12(9-21)17-19-11(2)20-25-17/h4-5,8,12H,6-7,9H2,1-3H3. The maximum absolute atomic E-state index is 12.9. The van der Waals surface area contributed by atoms with Gasteiger partial charge in [0.25, 0.3) is 5.91 Å². The van der Waals surface area contributed by atoms with E-state index in [0.29, 0.717) is 41.9 Å². The van der Waals surface area contributed by atoms with Gasteiger partial charge in [0.2, 0.25) is 5.89 Å². The Morgan fingerprint density at radius 3 is 2.92 bits per heavy atom. The second kappa shape index (κ2) is 5.91. The minimum atomic E-state index is -0.105. The molecule has 3 heterocycles. The molecule has 0 radical (unpaired) electrons. The lowest BCUT2D eigenvalue weighted by molar-refractivity contribution is 0.0759. The number of carbonyl (C=O) groups excluding carboxylic acids is 1. The van der Waals surface area contributed by atoms with Crippen LogP contribution >= 0.6 is 0 Å². The highest BCUT2D eigenvalue weighted by Gasteiger charge is 2.33. The van der Waals surface area contributed by atoms with Crippen LogP contribution in [0.2, 0.25) is 0 Å². The molecule has 7 heteroatoms. The summed E-state index contributed by atoms with van der Waals surface area (Å²) in [7, 11) is 1.60. The summed E-state index contributed by atoms with van der Waals surface area (Å²) in [6.45, 7) is 4.89. The first-order valence-electron chi connectivity index (χ1n) is 8.23. The Labute approximate surface area is 144 Å². The number of methoxy groups -OCH3 is 1. The first-order valence-corrected chi connectivity index (χ1v) is 8.23. The van der Waals surface area contributed by atoms with Crippen molar-refractivity contribution in [2.75, 3.05) is 20.2 Å². The number of carbonyl (C=O) groups is 1. The van der Waals surface area contributed by atoms with Crippen LogP contribution in [0, 0.1) is 13.8 Å². The lowest BCUT2D eigenvalue weighted by Gasteiger charge is -2.14. The van der Waals surface area contributed by atoms with Gasteiger partial charge in [0.15, 0.2) is 11.6 Å². The quantitative estimate of drug-likeness (QED) is 0.728. The monoisotopic (exact) mass is 341 g/mol. The Hall–Kier alpha value is -2.83. The average Bonchev–Trinajstić information content (AvgIpc) is 3.33. The number of fused-ring (bicyclic) bond motifs is 1. The van der Waals surface area contributed by atoms with Gasteiger partial charge >= 0.3 is 0 Å². The summed E-state index contributed by atoms with van der Waals surface area (Å²) in [5, 5.41) is 4.75. The van der Waals surface area contributed by atoms with Crippen LogP contribution in [0.15, 0.2) is 27.1 Å². The number of aromatic nitrogens is 2. The van der Waals surface area contributed by atoms with Gasteiger partial charge in [-0.25, -0.2) is 0 Å². The summed E-state index contributed by atoms with van der Waals surface area (Å²) in [6.07, 6.45) is 0.806. The topological polar surface area (TPSA) is 81.6 Å². The zero-order chi connectivity index (χ0) is 17.6. The van der Waals surface area contributed by atoms with E-state index in [4.69, 9.17) is 13.7 Å². The van der Waals surface area contributed by atoms with Crippen LogP contribution in [0.3, 0.4) is 0 Å². The summed E-state index contributed by atoms with van der Waals surface area (Å²) < 4.78 is 16.3. The summed E-state index contributed by atoms with van der Waals surface area (Å²) in [5.74, 6) is 2.26. The van der Waals surface area contributed by atoms with Gasteiger partial charge < -0.3 is 18.6 Å². The maximum Gasteiger partial charge on any atom is 0.289 e.